The van der Waals surface area contributed by atoms with E-state index in [1.165, 1.54) is 6.92 Å². The molecule has 2 rings (SSSR count). The van der Waals surface area contributed by atoms with Crippen LogP contribution in [0.25, 0.3) is 0 Å². The van der Waals surface area contributed by atoms with Gasteiger partial charge in [-0.15, -0.1) is 0 Å². The highest BCUT2D eigenvalue weighted by Gasteiger charge is 2.21. The second-order valence-electron chi connectivity index (χ2n) is 3.76. The minimum Gasteiger partial charge on any atom is -0.354 e. The van der Waals surface area contributed by atoms with Crippen molar-refractivity contribution in [2.45, 2.75) is 20.0 Å². The summed E-state index contributed by atoms with van der Waals surface area (Å²) in [6.07, 6.45) is 1.73. The van der Waals surface area contributed by atoms with Crippen LogP contribution in [0.3, 0.4) is 0 Å². The van der Waals surface area contributed by atoms with Gasteiger partial charge in [-0.1, -0.05) is 0 Å². The zero-order valence-corrected chi connectivity index (χ0v) is 9.36. The molecule has 6 nitrogen and oxygen atoms in total. The van der Waals surface area contributed by atoms with E-state index in [9.17, 15) is 9.59 Å². The molecule has 0 bridgehead atoms. The van der Waals surface area contributed by atoms with Crippen molar-refractivity contribution in [2.75, 3.05) is 13.6 Å². The van der Waals surface area contributed by atoms with Gasteiger partial charge in [-0.3, -0.25) is 9.59 Å². The lowest BCUT2D eigenvalue weighted by Crippen LogP contribution is -2.36. The van der Waals surface area contributed by atoms with Gasteiger partial charge >= 0.3 is 0 Å². The molecule has 1 aromatic rings. The second kappa shape index (κ2) is 3.96. The van der Waals surface area contributed by atoms with E-state index in [4.69, 9.17) is 0 Å². The topological polar surface area (TPSA) is 67.2 Å². The Bertz CT molecular complexity index is 438. The summed E-state index contributed by atoms with van der Waals surface area (Å²) < 4.78 is 1.92. The molecule has 0 saturated carbocycles. The smallest absolute Gasteiger partial charge is 0.271 e. The zero-order valence-electron chi connectivity index (χ0n) is 9.36. The Morgan fingerprint density at radius 1 is 1.44 bits per heavy atom. The van der Waals surface area contributed by atoms with Crippen molar-refractivity contribution >= 4 is 11.8 Å². The van der Waals surface area contributed by atoms with Gasteiger partial charge in [0.2, 0.25) is 5.91 Å². The molecule has 1 aliphatic heterocycles. The average molecular weight is 222 g/mol. The fourth-order valence-corrected chi connectivity index (χ4v) is 1.76. The standard InChI is InChI=1S/C10H14N4O2/c1-7(15)13-3-4-14-5-8(10(16)11-2)12-9(14)6-13/h5H,3-4,6H2,1-2H3,(H,11,16). The Balaban J connectivity index is 2.23. The summed E-state index contributed by atoms with van der Waals surface area (Å²) in [4.78, 5) is 28.5. The van der Waals surface area contributed by atoms with Crippen LogP contribution in [0, 0.1) is 0 Å². The predicted molar refractivity (Wildman–Crippen MR) is 56.7 cm³/mol. The molecular weight excluding hydrogens is 208 g/mol. The summed E-state index contributed by atoms with van der Waals surface area (Å²) in [7, 11) is 1.57. The zero-order chi connectivity index (χ0) is 11.7. The van der Waals surface area contributed by atoms with Gasteiger partial charge < -0.3 is 14.8 Å². The van der Waals surface area contributed by atoms with Crippen molar-refractivity contribution in [3.05, 3.63) is 17.7 Å². The first kappa shape index (κ1) is 10.7. The van der Waals surface area contributed by atoms with E-state index in [0.29, 0.717) is 25.3 Å². The Hall–Kier alpha value is -1.85. The van der Waals surface area contributed by atoms with Crippen LogP contribution >= 0.6 is 0 Å². The van der Waals surface area contributed by atoms with E-state index < -0.39 is 0 Å². The summed E-state index contributed by atoms with van der Waals surface area (Å²) in [6.45, 7) is 3.38. The lowest BCUT2D eigenvalue weighted by molar-refractivity contribution is -0.130. The normalized spacial score (nSPS) is 14.5. The van der Waals surface area contributed by atoms with Crippen LogP contribution in [-0.4, -0.2) is 39.9 Å². The molecule has 0 fully saturated rings. The van der Waals surface area contributed by atoms with Crippen molar-refractivity contribution in [3.63, 3.8) is 0 Å². The molecule has 0 spiro atoms. The highest BCUT2D eigenvalue weighted by Crippen LogP contribution is 2.12. The van der Waals surface area contributed by atoms with Gasteiger partial charge in [-0.2, -0.15) is 0 Å². The Morgan fingerprint density at radius 2 is 2.19 bits per heavy atom. The number of fused-ring (bicyclic) bond motifs is 1. The lowest BCUT2D eigenvalue weighted by atomic mass is 10.3. The maximum atomic E-state index is 11.4. The second-order valence-corrected chi connectivity index (χ2v) is 3.76. The minimum absolute atomic E-state index is 0.0377. The SMILES string of the molecule is CNC(=O)c1cn2c(n1)CN(C(C)=O)CC2. The van der Waals surface area contributed by atoms with Crippen LogP contribution in [0.4, 0.5) is 0 Å². The molecule has 6 heteroatoms. The van der Waals surface area contributed by atoms with E-state index in [0.717, 1.165) is 5.82 Å². The van der Waals surface area contributed by atoms with Crippen LogP contribution in [0.2, 0.25) is 0 Å². The third-order valence-corrected chi connectivity index (χ3v) is 2.71. The summed E-state index contributed by atoms with van der Waals surface area (Å²) in [5.41, 5.74) is 0.405. The van der Waals surface area contributed by atoms with E-state index in [1.807, 2.05) is 4.57 Å². The largest absolute Gasteiger partial charge is 0.354 e. The van der Waals surface area contributed by atoms with Crippen LogP contribution in [0.5, 0.6) is 0 Å². The van der Waals surface area contributed by atoms with Gasteiger partial charge in [0, 0.05) is 33.3 Å². The van der Waals surface area contributed by atoms with Crippen molar-refractivity contribution in [2.24, 2.45) is 0 Å². The molecule has 1 aliphatic rings. The third-order valence-electron chi connectivity index (χ3n) is 2.71. The molecule has 1 N–H and O–H groups in total. The third kappa shape index (κ3) is 1.78. The molecule has 0 unspecified atom stereocenters. The first-order chi connectivity index (χ1) is 7.61. The van der Waals surface area contributed by atoms with Gasteiger partial charge in [0.25, 0.3) is 5.91 Å². The van der Waals surface area contributed by atoms with Gasteiger partial charge in [-0.25, -0.2) is 4.98 Å². The maximum absolute atomic E-state index is 11.4. The highest BCUT2D eigenvalue weighted by molar-refractivity contribution is 5.91. The number of hydrogen-bond donors (Lipinski definition) is 1. The average Bonchev–Trinajstić information content (AvgIpc) is 2.70. The lowest BCUT2D eigenvalue weighted by Gasteiger charge is -2.26. The fourth-order valence-electron chi connectivity index (χ4n) is 1.76. The molecule has 86 valence electrons. The van der Waals surface area contributed by atoms with Crippen LogP contribution < -0.4 is 5.32 Å². The van der Waals surface area contributed by atoms with E-state index in [1.54, 1.807) is 18.1 Å². The number of hydrogen-bond acceptors (Lipinski definition) is 3. The number of rotatable bonds is 1. The van der Waals surface area contributed by atoms with Crippen molar-refractivity contribution in [1.29, 1.82) is 0 Å². The Kier molecular flexibility index (Phi) is 2.64. The number of imidazole rings is 1. The molecule has 0 radical (unpaired) electrons. The van der Waals surface area contributed by atoms with Crippen molar-refractivity contribution in [3.8, 4) is 0 Å². The molecule has 1 aromatic heterocycles. The molecule has 0 aliphatic carbocycles. The number of nitrogens with zero attached hydrogens (tertiary/aromatic N) is 3. The molecule has 2 heterocycles. The first-order valence-corrected chi connectivity index (χ1v) is 5.15. The molecule has 0 aromatic carbocycles. The Labute approximate surface area is 93.3 Å². The first-order valence-electron chi connectivity index (χ1n) is 5.15. The maximum Gasteiger partial charge on any atom is 0.271 e. The number of nitrogens with one attached hydrogen (secondary N) is 1. The monoisotopic (exact) mass is 222 g/mol. The van der Waals surface area contributed by atoms with Gasteiger partial charge in [-0.05, 0) is 0 Å². The molecule has 2 amide bonds. The molecule has 0 saturated heterocycles. The van der Waals surface area contributed by atoms with E-state index in [2.05, 4.69) is 10.3 Å². The predicted octanol–water partition coefficient (Wildman–Crippen LogP) is -0.395. The quantitative estimate of drug-likeness (QED) is 0.703. The molecule has 16 heavy (non-hydrogen) atoms. The van der Waals surface area contributed by atoms with E-state index >= 15 is 0 Å². The number of carbonyl (C=O) groups excluding carboxylic acids is 2. The number of carbonyl (C=O) groups is 2. The minimum atomic E-state index is -0.198. The number of amides is 2. The molecular formula is C10H14N4O2. The summed E-state index contributed by atoms with van der Waals surface area (Å²) in [5.74, 6) is 0.604. The summed E-state index contributed by atoms with van der Waals surface area (Å²) >= 11 is 0. The summed E-state index contributed by atoms with van der Waals surface area (Å²) in [6, 6.07) is 0. The molecule has 0 atom stereocenters. The van der Waals surface area contributed by atoms with Crippen LogP contribution in [0.1, 0.15) is 23.2 Å². The van der Waals surface area contributed by atoms with Crippen LogP contribution in [-0.2, 0) is 17.9 Å². The fraction of sp³-hybridized carbons (Fsp3) is 0.500. The number of aromatic nitrogens is 2. The van der Waals surface area contributed by atoms with E-state index in [-0.39, 0.29) is 11.8 Å². The van der Waals surface area contributed by atoms with Crippen LogP contribution in [0.15, 0.2) is 6.20 Å². The van der Waals surface area contributed by atoms with Crippen molar-refractivity contribution in [1.82, 2.24) is 19.8 Å². The van der Waals surface area contributed by atoms with Gasteiger partial charge in [0.05, 0.1) is 6.54 Å². The Morgan fingerprint density at radius 3 is 2.81 bits per heavy atom. The van der Waals surface area contributed by atoms with Crippen molar-refractivity contribution < 1.29 is 9.59 Å². The van der Waals surface area contributed by atoms with Gasteiger partial charge in [0.1, 0.15) is 11.5 Å². The van der Waals surface area contributed by atoms with Gasteiger partial charge in [0.15, 0.2) is 0 Å². The summed E-state index contributed by atoms with van der Waals surface area (Å²) in [5, 5.41) is 2.53. The highest BCUT2D eigenvalue weighted by atomic mass is 16.2.